The summed E-state index contributed by atoms with van der Waals surface area (Å²) in [5.41, 5.74) is 24.1. The molecular weight excluding hydrogens is 1210 g/mol. The van der Waals surface area contributed by atoms with Crippen LogP contribution in [0.3, 0.4) is 0 Å². The fraction of sp³-hybridized carbons (Fsp3) is 0.109. The van der Waals surface area contributed by atoms with Gasteiger partial charge in [0.05, 0.1) is 0 Å². The molecule has 0 bridgehead atoms. The van der Waals surface area contributed by atoms with Crippen molar-refractivity contribution in [3.8, 4) is 100 Å². The Labute approximate surface area is 608 Å². The van der Waals surface area contributed by atoms with Gasteiger partial charge in [0.25, 0.3) is 0 Å². The molecule has 0 radical (unpaired) electrons. The lowest BCUT2D eigenvalue weighted by atomic mass is 9.95. The van der Waals surface area contributed by atoms with Gasteiger partial charge in [0, 0.05) is 0 Å². The van der Waals surface area contributed by atoms with Crippen LogP contribution in [0.2, 0.25) is 0 Å². The zero-order valence-electron chi connectivity index (χ0n) is 61.5. The van der Waals surface area contributed by atoms with Crippen LogP contribution < -0.4 is 0 Å². The molecule has 101 heavy (non-hydrogen) atoms. The van der Waals surface area contributed by atoms with E-state index < -0.39 is 0 Å². The van der Waals surface area contributed by atoms with E-state index in [1.807, 2.05) is 124 Å². The van der Waals surface area contributed by atoms with Crippen LogP contribution in [0.25, 0.3) is 100 Å². The highest BCUT2D eigenvalue weighted by molar-refractivity contribution is 5.85. The minimum Gasteiger partial charge on any atom is -0.0683 e. The third kappa shape index (κ3) is 27.6. The van der Waals surface area contributed by atoms with E-state index in [-0.39, 0.29) is 0 Å². The van der Waals surface area contributed by atoms with Gasteiger partial charge in [-0.25, -0.2) is 0 Å². The molecule has 0 amide bonds. The summed E-state index contributed by atoms with van der Waals surface area (Å²) in [6.07, 6.45) is 0. The molecule has 0 saturated heterocycles. The molecular formula is C101H104. The quantitative estimate of drug-likeness (QED) is 0.135. The maximum Gasteiger partial charge on any atom is -0.0105 e. The predicted octanol–water partition coefficient (Wildman–Crippen LogP) is 30.6. The second-order valence-corrected chi connectivity index (χ2v) is 21.6. The van der Waals surface area contributed by atoms with Crippen LogP contribution >= 0.6 is 0 Å². The monoisotopic (exact) mass is 1320 g/mol. The molecule has 0 aliphatic carbocycles. The minimum atomic E-state index is 1.26. The Morgan fingerprint density at radius 2 is 0.228 bits per heavy atom. The molecule has 0 fully saturated rings. The Morgan fingerprint density at radius 3 is 0.376 bits per heavy atom. The predicted molar refractivity (Wildman–Crippen MR) is 449 cm³/mol. The summed E-state index contributed by atoms with van der Waals surface area (Å²) in [5.74, 6) is 0. The molecule has 0 atom stereocenters. The lowest BCUT2D eigenvalue weighted by molar-refractivity contribution is 1.48. The molecule has 0 saturated carbocycles. The molecule has 15 aromatic carbocycles. The molecule has 0 heterocycles. The van der Waals surface area contributed by atoms with Crippen LogP contribution in [0.4, 0.5) is 0 Å². The Hall–Kier alpha value is -11.7. The summed E-state index contributed by atoms with van der Waals surface area (Å²) in [6, 6.07) is 149. The smallest absolute Gasteiger partial charge is 0.0105 e. The van der Waals surface area contributed by atoms with Crippen molar-refractivity contribution in [1.82, 2.24) is 0 Å². The second-order valence-electron chi connectivity index (χ2n) is 21.6. The van der Waals surface area contributed by atoms with Crippen molar-refractivity contribution in [2.45, 2.75) is 76.2 Å². The molecule has 0 spiro atoms. The third-order valence-electron chi connectivity index (χ3n) is 15.2. The zero-order chi connectivity index (χ0) is 72.2. The number of aryl methyl sites for hydroxylation is 1. The Kier molecular flexibility index (Phi) is 39.4. The molecule has 15 rings (SSSR count). The van der Waals surface area contributed by atoms with E-state index in [0.29, 0.717) is 0 Å². The first-order chi connectivity index (χ1) is 50.1. The molecule has 0 unspecified atom stereocenters. The molecule has 0 heteroatoms. The minimum absolute atomic E-state index is 1.26. The second kappa shape index (κ2) is 49.8. The summed E-state index contributed by atoms with van der Waals surface area (Å²) in [4.78, 5) is 0. The van der Waals surface area contributed by atoms with Crippen LogP contribution in [-0.4, -0.2) is 0 Å². The molecule has 0 aromatic heterocycles. The highest BCUT2D eigenvalue weighted by Crippen LogP contribution is 2.34. The highest BCUT2D eigenvalue weighted by Gasteiger charge is 2.08. The van der Waals surface area contributed by atoms with Gasteiger partial charge in [-0.2, -0.15) is 0 Å². The van der Waals surface area contributed by atoms with Gasteiger partial charge in [0.2, 0.25) is 0 Å². The van der Waals surface area contributed by atoms with E-state index >= 15 is 0 Å². The van der Waals surface area contributed by atoms with Gasteiger partial charge in [0.15, 0.2) is 0 Å². The Morgan fingerprint density at radius 1 is 0.109 bits per heavy atom. The Bertz CT molecular complexity index is 3930. The SMILES string of the molecule is CC.CC.CC.CC.CC.Cc1ccccc1.c1ccc(-c2cccc(-c3ccccc3)c2)cc1.c1ccc(-c2cccc(-c3ccccc3)c2)cc1.c1ccc(-c2ccccc2)cc1.c1ccc(-c2ccccc2-c2ccccc2)cc1.c1ccc(-c2ccccc2-c2ccccc2)cc1. The number of hydrogen-bond donors (Lipinski definition) is 0. The van der Waals surface area contributed by atoms with Crippen LogP contribution in [0.5, 0.6) is 0 Å². The van der Waals surface area contributed by atoms with Gasteiger partial charge in [-0.1, -0.05) is 493 Å². The highest BCUT2D eigenvalue weighted by atomic mass is 14.1. The lowest BCUT2D eigenvalue weighted by Crippen LogP contribution is -1.83. The van der Waals surface area contributed by atoms with Crippen LogP contribution in [0, 0.1) is 6.92 Å². The maximum absolute atomic E-state index is 2.24. The molecule has 0 nitrogen and oxygen atoms in total. The van der Waals surface area contributed by atoms with E-state index in [1.54, 1.807) is 0 Å². The fourth-order valence-electron chi connectivity index (χ4n) is 10.5. The van der Waals surface area contributed by atoms with Gasteiger partial charge < -0.3 is 0 Å². The van der Waals surface area contributed by atoms with Crippen molar-refractivity contribution in [2.24, 2.45) is 0 Å². The molecule has 15 aromatic rings. The number of hydrogen-bond acceptors (Lipinski definition) is 0. The van der Waals surface area contributed by atoms with Crippen molar-refractivity contribution in [1.29, 1.82) is 0 Å². The van der Waals surface area contributed by atoms with Gasteiger partial charge in [0.1, 0.15) is 0 Å². The van der Waals surface area contributed by atoms with Gasteiger partial charge in [-0.3, -0.25) is 0 Å². The van der Waals surface area contributed by atoms with E-state index in [4.69, 9.17) is 0 Å². The largest absolute Gasteiger partial charge is 0.0683 e. The first-order valence-electron chi connectivity index (χ1n) is 36.1. The van der Waals surface area contributed by atoms with Crippen LogP contribution in [0.15, 0.2) is 431 Å². The molecule has 0 N–H and O–H groups in total. The van der Waals surface area contributed by atoms with Crippen LogP contribution in [-0.2, 0) is 0 Å². The van der Waals surface area contributed by atoms with Crippen LogP contribution in [0.1, 0.15) is 74.8 Å². The average molecular weight is 1320 g/mol. The average Bonchev–Trinajstić information content (AvgIpc) is 0.855. The van der Waals surface area contributed by atoms with Crippen molar-refractivity contribution < 1.29 is 0 Å². The summed E-state index contributed by atoms with van der Waals surface area (Å²) in [6.45, 7) is 22.1. The van der Waals surface area contributed by atoms with Gasteiger partial charge in [-0.05, 0) is 119 Å². The lowest BCUT2D eigenvalue weighted by Gasteiger charge is -2.09. The number of rotatable bonds is 9. The standard InChI is InChI=1S/4C18H14.C12H10.C7H8.5C2H6/c2*1-3-9-15(10-4-1)17-13-7-8-14-18(17)16-11-5-2-6-12-16;2*1-3-8-15(9-4-1)17-12-7-13-18(14-17)16-10-5-2-6-11-16;1-3-7-11(8-4-1)12-9-5-2-6-10-12;1-7-5-3-2-4-6-7;5*1-2/h4*1-14H;1-10H;2-6H,1H3;5*1-2H3. The number of benzene rings is 15. The van der Waals surface area contributed by atoms with E-state index in [2.05, 4.69) is 383 Å². The van der Waals surface area contributed by atoms with Gasteiger partial charge >= 0.3 is 0 Å². The van der Waals surface area contributed by atoms with E-state index in [1.165, 1.54) is 106 Å². The summed E-state index contributed by atoms with van der Waals surface area (Å²) in [5, 5.41) is 0. The third-order valence-corrected chi connectivity index (χ3v) is 15.2. The molecule has 508 valence electrons. The topological polar surface area (TPSA) is 0 Å². The maximum atomic E-state index is 2.24. The van der Waals surface area contributed by atoms with E-state index in [9.17, 15) is 0 Å². The van der Waals surface area contributed by atoms with E-state index in [0.717, 1.165) is 0 Å². The fourth-order valence-corrected chi connectivity index (χ4v) is 10.5. The Balaban J connectivity index is 0.000000216. The zero-order valence-corrected chi connectivity index (χ0v) is 61.5. The van der Waals surface area contributed by atoms with Crippen molar-refractivity contribution in [3.05, 3.63) is 436 Å². The van der Waals surface area contributed by atoms with Crippen molar-refractivity contribution >= 4 is 0 Å². The van der Waals surface area contributed by atoms with Crippen molar-refractivity contribution in [2.75, 3.05) is 0 Å². The molecule has 0 aliphatic heterocycles. The molecule has 0 aliphatic rings. The summed E-state index contributed by atoms with van der Waals surface area (Å²) < 4.78 is 0. The van der Waals surface area contributed by atoms with Crippen molar-refractivity contribution in [3.63, 3.8) is 0 Å². The van der Waals surface area contributed by atoms with Gasteiger partial charge in [-0.15, -0.1) is 0 Å². The normalized spacial score (nSPS) is 9.34. The summed E-state index contributed by atoms with van der Waals surface area (Å²) in [7, 11) is 0. The summed E-state index contributed by atoms with van der Waals surface area (Å²) >= 11 is 0. The first-order valence-corrected chi connectivity index (χ1v) is 36.1. The first kappa shape index (κ1) is 80.0.